The van der Waals surface area contributed by atoms with Gasteiger partial charge in [-0.05, 0) is 0 Å². The molecule has 4 aromatic carbocycles. The van der Waals surface area contributed by atoms with E-state index in [9.17, 15) is 0 Å². The molecule has 0 nitrogen and oxygen atoms in total. The van der Waals surface area contributed by atoms with Crippen LogP contribution in [0, 0.1) is 11.8 Å². The summed E-state index contributed by atoms with van der Waals surface area (Å²) in [5, 5.41) is 0. The van der Waals surface area contributed by atoms with E-state index in [2.05, 4.69) is 181 Å². The van der Waals surface area contributed by atoms with Crippen LogP contribution in [-0.4, -0.2) is 9.52 Å². The van der Waals surface area contributed by atoms with Gasteiger partial charge >= 0.3 is 347 Å². The Bertz CT molecular complexity index is 2050. The van der Waals surface area contributed by atoms with E-state index in [-0.39, 0.29) is 28.9 Å². The predicted octanol–water partition coefficient (Wildman–Crippen LogP) is 16.6. The maximum absolute atomic E-state index is 8.37. The molecule has 4 aliphatic carbocycles. The van der Waals surface area contributed by atoms with Crippen LogP contribution in [0.3, 0.4) is 0 Å². The molecule has 0 bridgehead atoms. The fourth-order valence-corrected chi connectivity index (χ4v) is 22.8. The molecular formula is C54H69Cl2SiZr. The summed E-state index contributed by atoms with van der Waals surface area (Å²) in [5.41, 5.74) is 19.5. The second-order valence-electron chi connectivity index (χ2n) is 22.2. The van der Waals surface area contributed by atoms with Gasteiger partial charge in [-0.3, -0.25) is 0 Å². The van der Waals surface area contributed by atoms with E-state index in [1.807, 2.05) is 0 Å². The molecular weight excluding hydrogens is 839 g/mol. The van der Waals surface area contributed by atoms with E-state index in [4.69, 9.17) is 17.0 Å². The third-order valence-corrected chi connectivity index (χ3v) is 25.1. The van der Waals surface area contributed by atoms with Crippen molar-refractivity contribution in [2.45, 2.75) is 151 Å². The van der Waals surface area contributed by atoms with Crippen molar-refractivity contribution in [2.24, 2.45) is 11.8 Å². The third kappa shape index (κ3) is 8.72. The quantitative estimate of drug-likeness (QED) is 0.169. The molecule has 4 aliphatic rings. The molecule has 4 heteroatoms. The van der Waals surface area contributed by atoms with E-state index >= 15 is 0 Å². The molecule has 0 aromatic heterocycles. The van der Waals surface area contributed by atoms with E-state index in [1.54, 1.807) is 0 Å². The van der Waals surface area contributed by atoms with Gasteiger partial charge < -0.3 is 0 Å². The molecule has 58 heavy (non-hydrogen) atoms. The van der Waals surface area contributed by atoms with E-state index in [0.717, 1.165) is 9.52 Å². The molecule has 0 heterocycles. The second-order valence-corrected chi connectivity index (χ2v) is 38.0. The molecule has 0 spiro atoms. The topological polar surface area (TPSA) is 0 Å². The van der Waals surface area contributed by atoms with Crippen molar-refractivity contribution in [3.05, 3.63) is 128 Å². The van der Waals surface area contributed by atoms with Crippen molar-refractivity contribution in [2.75, 3.05) is 0 Å². The van der Waals surface area contributed by atoms with Crippen LogP contribution in [0.15, 0.2) is 83.9 Å². The van der Waals surface area contributed by atoms with Crippen LogP contribution in [0.25, 0.3) is 34.4 Å². The van der Waals surface area contributed by atoms with Crippen molar-refractivity contribution >= 4 is 38.7 Å². The standard InChI is InChI=1S/2C26H31.C2H7Si.2ClH.Zr/c2*1-25(2,3)21-13-20(14-22(16-21)26(4,5)6)23-9-7-8-18-12-19(15-24(18)23)17-10-11-17;1-3-2;;;/h2*7-9,12-17H,10-11H2,1-6H3;3H,1-2H3;2*1H;/q;;;;;+2/p-2. The number of allylic oxidation sites excluding steroid dienone is 2. The maximum Gasteiger partial charge on any atom is 0.0213 e. The normalized spacial score (nSPS) is 19.6. The Hall–Kier alpha value is -1.96. The minimum absolute atomic E-state index is 0.0477. The molecule has 0 amide bonds. The molecule has 307 valence electrons. The minimum atomic E-state index is -4.17. The number of hydrogen-bond acceptors (Lipinski definition) is 0. The summed E-state index contributed by atoms with van der Waals surface area (Å²) in [6.07, 6.45) is 10.1. The number of benzene rings is 4. The van der Waals surface area contributed by atoms with Gasteiger partial charge in [-0.2, -0.15) is 0 Å². The molecule has 0 aliphatic heterocycles. The Morgan fingerprint density at radius 3 is 1.03 bits per heavy atom. The van der Waals surface area contributed by atoms with Crippen LogP contribution < -0.4 is 0 Å². The van der Waals surface area contributed by atoms with Gasteiger partial charge in [-0.25, -0.2) is 0 Å². The van der Waals surface area contributed by atoms with Crippen LogP contribution in [0.5, 0.6) is 0 Å². The van der Waals surface area contributed by atoms with Gasteiger partial charge in [0.2, 0.25) is 0 Å². The molecule has 2 atom stereocenters. The monoisotopic (exact) mass is 905 g/mol. The van der Waals surface area contributed by atoms with Crippen molar-refractivity contribution < 1.29 is 17.9 Å². The zero-order valence-corrected chi connectivity index (χ0v) is 43.2. The van der Waals surface area contributed by atoms with Crippen molar-refractivity contribution in [3.8, 4) is 22.3 Å². The van der Waals surface area contributed by atoms with Gasteiger partial charge in [-0.15, -0.1) is 0 Å². The second kappa shape index (κ2) is 15.7. The molecule has 4 aromatic rings. The first kappa shape index (κ1) is 44.1. The number of fused-ring (bicyclic) bond motifs is 2. The smallest absolute Gasteiger partial charge is 0.0213 e. The van der Waals surface area contributed by atoms with E-state index in [1.165, 1.54) is 104 Å². The largest absolute Gasteiger partial charge is 0.0743 e. The summed E-state index contributed by atoms with van der Waals surface area (Å²) in [5.74, 6) is 1.17. The van der Waals surface area contributed by atoms with E-state index in [0.29, 0.717) is 11.8 Å². The van der Waals surface area contributed by atoms with Gasteiger partial charge in [0.15, 0.2) is 0 Å². The Morgan fingerprint density at radius 1 is 0.483 bits per heavy atom. The van der Waals surface area contributed by atoms with Crippen molar-refractivity contribution in [3.63, 3.8) is 0 Å². The number of rotatable bonds is 6. The van der Waals surface area contributed by atoms with Gasteiger partial charge in [0.1, 0.15) is 0 Å². The zero-order valence-electron chi connectivity index (χ0n) is 38.1. The average Bonchev–Trinajstić information content (AvgIpc) is 4.07. The van der Waals surface area contributed by atoms with Crippen LogP contribution in [0.1, 0.15) is 161 Å². The minimum Gasteiger partial charge on any atom is -0.0743 e. The molecule has 1 radical (unpaired) electrons. The Morgan fingerprint density at radius 2 is 0.776 bits per heavy atom. The average molecular weight is 908 g/mol. The summed E-state index contributed by atoms with van der Waals surface area (Å²) < 4.78 is 0.262. The van der Waals surface area contributed by atoms with Crippen LogP contribution in [0.2, 0.25) is 13.1 Å². The van der Waals surface area contributed by atoms with Crippen molar-refractivity contribution in [1.29, 1.82) is 0 Å². The Balaban J connectivity index is 0.00000166. The van der Waals surface area contributed by atoms with Gasteiger partial charge in [0.25, 0.3) is 0 Å². The Kier molecular flexibility index (Phi) is 12.0. The van der Waals surface area contributed by atoms with Crippen molar-refractivity contribution in [1.82, 2.24) is 0 Å². The van der Waals surface area contributed by atoms with Crippen LogP contribution in [0.4, 0.5) is 0 Å². The SMILES string of the molecule is CC(C)(C)c1cc(-c2cccc3c2C=C(C2CC2)[CH]3[Zr]([Cl])([Cl])[CH]2C(C3CC3)=Cc3c(-c4cc(C(C)(C)C)cc(C(C)(C)C)c4)cccc32)cc(C(C)(C)C)c1.C[SiH]C. The summed E-state index contributed by atoms with van der Waals surface area (Å²) in [4.78, 5) is 0. The van der Waals surface area contributed by atoms with E-state index < -0.39 is 17.9 Å². The zero-order chi connectivity index (χ0) is 42.3. The molecule has 0 N–H and O–H groups in total. The first-order valence-electron chi connectivity index (χ1n) is 22.1. The summed E-state index contributed by atoms with van der Waals surface area (Å²) in [6.45, 7) is 32.4. The van der Waals surface area contributed by atoms with Crippen LogP contribution in [-0.2, 0) is 39.5 Å². The van der Waals surface area contributed by atoms with Crippen LogP contribution >= 0.6 is 17.0 Å². The molecule has 2 saturated carbocycles. The summed E-state index contributed by atoms with van der Waals surface area (Å²) in [7, 11) is 17.5. The van der Waals surface area contributed by atoms with Gasteiger partial charge in [0.05, 0.1) is 0 Å². The third-order valence-electron chi connectivity index (χ3n) is 13.0. The molecule has 0 saturated heterocycles. The number of hydrogen-bond donors (Lipinski definition) is 0. The Labute approximate surface area is 367 Å². The fourth-order valence-electron chi connectivity index (χ4n) is 9.22. The molecule has 2 fully saturated rings. The number of halogens is 2. The summed E-state index contributed by atoms with van der Waals surface area (Å²) >= 11 is -4.17. The molecule has 8 rings (SSSR count). The summed E-state index contributed by atoms with van der Waals surface area (Å²) in [6, 6.07) is 28.7. The fraction of sp³-hybridized carbons (Fsp3) is 0.481. The molecule has 2 unspecified atom stereocenters. The van der Waals surface area contributed by atoms with Gasteiger partial charge in [-0.1, -0.05) is 13.1 Å². The first-order chi connectivity index (χ1) is 26.9. The van der Waals surface area contributed by atoms with Gasteiger partial charge in [0, 0.05) is 9.52 Å². The maximum atomic E-state index is 8.37. The predicted molar refractivity (Wildman–Crippen MR) is 256 cm³/mol. The first-order valence-corrected chi connectivity index (χ1v) is 33.6.